The van der Waals surface area contributed by atoms with Crippen molar-refractivity contribution in [3.63, 3.8) is 0 Å². The average molecular weight is 489 g/mol. The van der Waals surface area contributed by atoms with Crippen molar-refractivity contribution in [1.82, 2.24) is 4.83 Å². The van der Waals surface area contributed by atoms with Gasteiger partial charge in [-0.2, -0.15) is 13.5 Å². The predicted octanol–water partition coefficient (Wildman–Crippen LogP) is 4.40. The van der Waals surface area contributed by atoms with Crippen LogP contribution in [0.4, 0.5) is 0 Å². The van der Waals surface area contributed by atoms with Gasteiger partial charge in [-0.25, -0.2) is 4.83 Å². The summed E-state index contributed by atoms with van der Waals surface area (Å²) in [5.41, 5.74) is 1.69. The largest absolute Gasteiger partial charge is 0.396 e. The van der Waals surface area contributed by atoms with Crippen molar-refractivity contribution >= 4 is 15.7 Å². The molecule has 3 N–H and O–H groups in total. The van der Waals surface area contributed by atoms with Crippen LogP contribution >= 0.6 is 0 Å². The molecule has 0 saturated heterocycles. The molecule has 0 aromatic heterocycles. The fourth-order valence-corrected chi connectivity index (χ4v) is 9.67. The van der Waals surface area contributed by atoms with Gasteiger partial charge in [-0.05, 0) is 93.1 Å². The molecule has 0 heterocycles. The number of aryl methyl sites for hydroxylation is 1. The molecule has 7 atom stereocenters. The van der Waals surface area contributed by atoms with Gasteiger partial charge in [-0.15, -0.1) is 0 Å². The second-order valence-corrected chi connectivity index (χ2v) is 14.3. The Kier molecular flexibility index (Phi) is 5.55. The zero-order chi connectivity index (χ0) is 24.6. The molecule has 5 rings (SSSR count). The number of rotatable bonds is 4. The number of hydrazone groups is 1. The Labute approximate surface area is 204 Å². The first kappa shape index (κ1) is 24.3. The predicted molar refractivity (Wildman–Crippen MR) is 133 cm³/mol. The summed E-state index contributed by atoms with van der Waals surface area (Å²) >= 11 is 0. The zero-order valence-corrected chi connectivity index (χ0v) is 21.8. The number of aliphatic hydroxyl groups excluding tert-OH is 2. The van der Waals surface area contributed by atoms with Crippen LogP contribution in [0.1, 0.15) is 77.7 Å². The van der Waals surface area contributed by atoms with E-state index in [1.807, 2.05) is 6.92 Å². The van der Waals surface area contributed by atoms with Gasteiger partial charge in [-0.3, -0.25) is 0 Å². The van der Waals surface area contributed by atoms with Gasteiger partial charge in [0.25, 0.3) is 10.0 Å². The van der Waals surface area contributed by atoms with Crippen LogP contribution in [0.3, 0.4) is 0 Å². The number of fused-ring (bicyclic) bond motifs is 3. The molecule has 0 unspecified atom stereocenters. The van der Waals surface area contributed by atoms with Crippen molar-refractivity contribution in [2.45, 2.75) is 90.1 Å². The number of hydrogen-bond acceptors (Lipinski definition) is 5. The van der Waals surface area contributed by atoms with Crippen LogP contribution in [0.2, 0.25) is 0 Å². The molecular formula is C27H40N2O4S. The highest BCUT2D eigenvalue weighted by atomic mass is 32.2. The fourth-order valence-electron chi connectivity index (χ4n) is 8.84. The second kappa shape index (κ2) is 7.78. The van der Waals surface area contributed by atoms with E-state index in [0.717, 1.165) is 62.6 Å². The number of aliphatic hydroxyl groups is 2. The van der Waals surface area contributed by atoms with Crippen LogP contribution in [0.15, 0.2) is 34.3 Å². The molecule has 1 aromatic carbocycles. The van der Waals surface area contributed by atoms with E-state index in [1.165, 1.54) is 0 Å². The van der Waals surface area contributed by atoms with E-state index in [0.29, 0.717) is 11.8 Å². The van der Waals surface area contributed by atoms with E-state index in [-0.39, 0.29) is 27.7 Å². The maximum Gasteiger partial charge on any atom is 0.276 e. The Balaban J connectivity index is 1.43. The maximum absolute atomic E-state index is 12.9. The number of nitrogens with zero attached hydrogens (tertiary/aromatic N) is 1. The monoisotopic (exact) mass is 488 g/mol. The molecule has 34 heavy (non-hydrogen) atoms. The standard InChI is InChI=1S/C27H40N2O4S/c1-18-5-7-19(8-6-18)34(32,33)29-28-22-15-27-14-10-20-25(3,13-11-23(31)26(20,4)17-30)21(27)9-12-24(22,2)16-27/h5-8,20-21,23,29-31H,9-17H2,1-4H3/b28-22+/t20-,21-,23+,24-,25+,26-,27-/m0/s1. The summed E-state index contributed by atoms with van der Waals surface area (Å²) in [6, 6.07) is 6.85. The maximum atomic E-state index is 12.9. The SMILES string of the molecule is Cc1ccc(S(=O)(=O)N/N=C2\C[C@]34CC[C@@H]5[C@](C)(CO)[C@H](O)CC[C@@]5(C)[C@@H]3CC[C@@]2(C)C4)cc1. The molecule has 6 nitrogen and oxygen atoms in total. The lowest BCUT2D eigenvalue weighted by atomic mass is 9.40. The minimum Gasteiger partial charge on any atom is -0.396 e. The molecule has 1 aromatic rings. The molecule has 4 fully saturated rings. The van der Waals surface area contributed by atoms with Gasteiger partial charge in [0.15, 0.2) is 0 Å². The number of sulfonamides is 1. The highest BCUT2D eigenvalue weighted by molar-refractivity contribution is 7.89. The minimum absolute atomic E-state index is 0.0271. The molecule has 0 amide bonds. The van der Waals surface area contributed by atoms with Crippen LogP contribution < -0.4 is 4.83 Å². The molecule has 4 aliphatic carbocycles. The minimum atomic E-state index is -3.70. The molecule has 7 heteroatoms. The first-order valence-electron chi connectivity index (χ1n) is 12.8. The highest BCUT2D eigenvalue weighted by Crippen LogP contribution is 2.73. The molecule has 2 bridgehead atoms. The molecule has 4 aliphatic rings. The normalized spacial score (nSPS) is 45.0. The molecule has 0 radical (unpaired) electrons. The van der Waals surface area contributed by atoms with E-state index in [4.69, 9.17) is 0 Å². The fraction of sp³-hybridized carbons (Fsp3) is 0.741. The summed E-state index contributed by atoms with van der Waals surface area (Å²) in [5, 5.41) is 25.7. The summed E-state index contributed by atoms with van der Waals surface area (Å²) in [7, 11) is -3.70. The van der Waals surface area contributed by atoms with Crippen molar-refractivity contribution in [3.05, 3.63) is 29.8 Å². The quantitative estimate of drug-likeness (QED) is 0.547. The van der Waals surface area contributed by atoms with Gasteiger partial charge in [0.05, 0.1) is 17.6 Å². The van der Waals surface area contributed by atoms with Crippen LogP contribution in [0, 0.1) is 40.4 Å². The Morgan fingerprint density at radius 3 is 2.38 bits per heavy atom. The summed E-state index contributed by atoms with van der Waals surface area (Å²) in [5.74, 6) is 0.807. The molecule has 188 valence electrons. The van der Waals surface area contributed by atoms with Crippen molar-refractivity contribution in [2.75, 3.05) is 6.61 Å². The van der Waals surface area contributed by atoms with Crippen LogP contribution in [0.25, 0.3) is 0 Å². The van der Waals surface area contributed by atoms with E-state index in [9.17, 15) is 18.6 Å². The van der Waals surface area contributed by atoms with E-state index >= 15 is 0 Å². The van der Waals surface area contributed by atoms with Gasteiger partial charge in [0, 0.05) is 16.5 Å². The Morgan fingerprint density at radius 1 is 1.03 bits per heavy atom. The van der Waals surface area contributed by atoms with Crippen LogP contribution in [-0.2, 0) is 10.0 Å². The van der Waals surface area contributed by atoms with E-state index < -0.39 is 21.5 Å². The highest BCUT2D eigenvalue weighted by Gasteiger charge is 2.67. The van der Waals surface area contributed by atoms with Gasteiger partial charge in [0.1, 0.15) is 0 Å². The van der Waals surface area contributed by atoms with E-state index in [1.54, 1.807) is 24.3 Å². The molecule has 1 spiro atoms. The van der Waals surface area contributed by atoms with Gasteiger partial charge >= 0.3 is 0 Å². The van der Waals surface area contributed by atoms with Gasteiger partial charge in [-0.1, -0.05) is 38.5 Å². The summed E-state index contributed by atoms with van der Waals surface area (Å²) < 4.78 is 25.8. The molecule has 0 aliphatic heterocycles. The summed E-state index contributed by atoms with van der Waals surface area (Å²) in [6.45, 7) is 8.70. The Morgan fingerprint density at radius 2 is 1.71 bits per heavy atom. The topological polar surface area (TPSA) is 99.0 Å². The summed E-state index contributed by atoms with van der Waals surface area (Å²) in [6.07, 6.45) is 7.34. The van der Waals surface area contributed by atoms with Crippen molar-refractivity contribution in [3.8, 4) is 0 Å². The first-order valence-corrected chi connectivity index (χ1v) is 14.3. The van der Waals surface area contributed by atoms with Crippen molar-refractivity contribution in [2.24, 2.45) is 38.6 Å². The smallest absolute Gasteiger partial charge is 0.276 e. The van der Waals surface area contributed by atoms with Crippen LogP contribution in [-0.4, -0.2) is 37.1 Å². The summed E-state index contributed by atoms with van der Waals surface area (Å²) in [4.78, 5) is 2.79. The average Bonchev–Trinajstić information content (AvgIpc) is 3.00. The van der Waals surface area contributed by atoms with Crippen molar-refractivity contribution < 1.29 is 18.6 Å². The molecular weight excluding hydrogens is 448 g/mol. The third kappa shape index (κ3) is 3.40. The Bertz CT molecular complexity index is 1100. The van der Waals surface area contributed by atoms with Crippen LogP contribution in [0.5, 0.6) is 0 Å². The molecule has 4 saturated carbocycles. The lowest BCUT2D eigenvalue weighted by Crippen LogP contribution is -2.61. The van der Waals surface area contributed by atoms with Crippen molar-refractivity contribution in [1.29, 1.82) is 0 Å². The second-order valence-electron chi connectivity index (χ2n) is 12.6. The third-order valence-corrected chi connectivity index (χ3v) is 11.9. The number of benzene rings is 1. The van der Waals surface area contributed by atoms with E-state index in [2.05, 4.69) is 30.7 Å². The zero-order valence-electron chi connectivity index (χ0n) is 21.0. The lowest BCUT2D eigenvalue weighted by molar-refractivity contribution is -0.199. The van der Waals surface area contributed by atoms with Gasteiger partial charge in [0.2, 0.25) is 0 Å². The number of nitrogens with one attached hydrogen (secondary N) is 1. The first-order chi connectivity index (χ1) is 15.9. The third-order valence-electron chi connectivity index (χ3n) is 10.7. The van der Waals surface area contributed by atoms with Gasteiger partial charge < -0.3 is 10.2 Å². The number of hydrogen-bond donors (Lipinski definition) is 3. The lowest BCUT2D eigenvalue weighted by Gasteiger charge is -2.65. The Hall–Kier alpha value is -1.44.